The van der Waals surface area contributed by atoms with Crippen LogP contribution in [0.2, 0.25) is 0 Å². The Morgan fingerprint density at radius 3 is 2.21 bits per heavy atom. The Labute approximate surface area is 233 Å². The number of esters is 1. The highest BCUT2D eigenvalue weighted by Crippen LogP contribution is 2.37. The fourth-order valence-electron chi connectivity index (χ4n) is 4.70. The molecule has 0 aliphatic heterocycles. The highest BCUT2D eigenvalue weighted by atomic mass is 16.5. The van der Waals surface area contributed by atoms with Gasteiger partial charge in [-0.1, -0.05) is 83.7 Å². The molecule has 39 heavy (non-hydrogen) atoms. The quantitative estimate of drug-likeness (QED) is 0.153. The predicted octanol–water partition coefficient (Wildman–Crippen LogP) is 8.22. The van der Waals surface area contributed by atoms with Crippen molar-refractivity contribution in [3.63, 3.8) is 0 Å². The van der Waals surface area contributed by atoms with Gasteiger partial charge in [0.25, 0.3) is 0 Å². The molecule has 0 N–H and O–H groups in total. The Morgan fingerprint density at radius 1 is 0.897 bits per heavy atom. The van der Waals surface area contributed by atoms with E-state index < -0.39 is 11.0 Å². The van der Waals surface area contributed by atoms with E-state index in [0.29, 0.717) is 24.7 Å². The second-order valence-corrected chi connectivity index (χ2v) is 12.4. The van der Waals surface area contributed by atoms with Crippen molar-refractivity contribution >= 4 is 17.1 Å². The molecule has 0 aliphatic rings. The van der Waals surface area contributed by atoms with E-state index >= 15 is 0 Å². The Balaban J connectivity index is 1.31. The van der Waals surface area contributed by atoms with Crippen molar-refractivity contribution in [2.75, 3.05) is 13.2 Å². The maximum atomic E-state index is 12.6. The van der Waals surface area contributed by atoms with Crippen molar-refractivity contribution < 1.29 is 18.7 Å². The lowest BCUT2D eigenvalue weighted by Crippen LogP contribution is -2.35. The van der Waals surface area contributed by atoms with Gasteiger partial charge in [0.15, 0.2) is 0 Å². The largest absolute Gasteiger partial charge is 0.478 e. The minimum atomic E-state index is -0.469. The number of fused-ring (bicyclic) bond motifs is 1. The highest BCUT2D eigenvalue weighted by molar-refractivity contribution is 5.79. The van der Waals surface area contributed by atoms with E-state index in [9.17, 15) is 9.59 Å². The van der Waals surface area contributed by atoms with Crippen molar-refractivity contribution in [2.24, 2.45) is 16.7 Å². The fraction of sp³-hybridized carbons (Fsp3) is 0.545. The lowest BCUT2D eigenvalue weighted by atomic mass is 9.72. The molecule has 2 heterocycles. The summed E-state index contributed by atoms with van der Waals surface area (Å²) < 4.78 is 16.9. The summed E-state index contributed by atoms with van der Waals surface area (Å²) in [6.45, 7) is 13.8. The van der Waals surface area contributed by atoms with Crippen LogP contribution in [0.15, 0.2) is 57.7 Å². The topological polar surface area (TPSA) is 78.6 Å². The molecule has 2 aromatic heterocycles. The van der Waals surface area contributed by atoms with Crippen molar-refractivity contribution in [3.8, 4) is 17.0 Å². The van der Waals surface area contributed by atoms with E-state index in [2.05, 4.69) is 32.7 Å². The van der Waals surface area contributed by atoms with Crippen LogP contribution in [-0.4, -0.2) is 24.2 Å². The maximum Gasteiger partial charge on any atom is 0.345 e. The number of nitrogens with zero attached hydrogens (tertiary/aromatic N) is 1. The lowest BCUT2D eigenvalue weighted by Gasteiger charge is -2.34. The number of ether oxygens (including phenoxy) is 2. The summed E-state index contributed by atoms with van der Waals surface area (Å²) in [7, 11) is 0. The van der Waals surface area contributed by atoms with Crippen molar-refractivity contribution in [1.29, 1.82) is 0 Å². The monoisotopic (exact) mass is 535 g/mol. The van der Waals surface area contributed by atoms with Crippen molar-refractivity contribution in [2.45, 2.75) is 86.5 Å². The molecule has 0 spiro atoms. The average Bonchev–Trinajstić information content (AvgIpc) is 2.88. The van der Waals surface area contributed by atoms with Crippen LogP contribution in [0.5, 0.6) is 5.88 Å². The fourth-order valence-corrected chi connectivity index (χ4v) is 4.70. The van der Waals surface area contributed by atoms with Crippen molar-refractivity contribution in [3.05, 3.63) is 59.0 Å². The molecule has 1 unspecified atom stereocenters. The van der Waals surface area contributed by atoms with Gasteiger partial charge in [0.05, 0.1) is 24.2 Å². The average molecular weight is 536 g/mol. The van der Waals surface area contributed by atoms with Gasteiger partial charge < -0.3 is 13.9 Å². The normalized spacial score (nSPS) is 12.9. The minimum absolute atomic E-state index is 0.0883. The van der Waals surface area contributed by atoms with Crippen LogP contribution in [0.4, 0.5) is 0 Å². The summed E-state index contributed by atoms with van der Waals surface area (Å²) >= 11 is 0. The van der Waals surface area contributed by atoms with Gasteiger partial charge in [0.2, 0.25) is 11.6 Å². The van der Waals surface area contributed by atoms with E-state index in [4.69, 9.17) is 13.9 Å². The number of unbranched alkanes of at least 4 members (excludes halogenated alkanes) is 5. The summed E-state index contributed by atoms with van der Waals surface area (Å²) in [6, 6.07) is 14.9. The van der Waals surface area contributed by atoms with E-state index in [1.165, 1.54) is 0 Å². The molecule has 0 saturated heterocycles. The van der Waals surface area contributed by atoms with Gasteiger partial charge in [0.1, 0.15) is 0 Å². The Kier molecular flexibility index (Phi) is 10.7. The van der Waals surface area contributed by atoms with Gasteiger partial charge in [-0.15, -0.1) is 0 Å². The molecule has 0 fully saturated rings. The summed E-state index contributed by atoms with van der Waals surface area (Å²) in [5, 5.41) is 0.759. The van der Waals surface area contributed by atoms with E-state index in [1.807, 2.05) is 62.4 Å². The molecule has 0 radical (unpaired) electrons. The van der Waals surface area contributed by atoms with E-state index in [0.717, 1.165) is 55.9 Å². The zero-order valence-corrected chi connectivity index (χ0v) is 24.5. The van der Waals surface area contributed by atoms with Gasteiger partial charge in [-0.3, -0.25) is 4.79 Å². The summed E-state index contributed by atoms with van der Waals surface area (Å²) in [4.78, 5) is 29.4. The molecule has 1 atom stereocenters. The second kappa shape index (κ2) is 13.8. The Morgan fingerprint density at radius 2 is 1.54 bits per heavy atom. The van der Waals surface area contributed by atoms with Crippen LogP contribution in [0.3, 0.4) is 0 Å². The number of carbonyl (C=O) groups excluding carboxylic acids is 1. The standard InChI is InChI=1S/C33H45NO5/c1-24(23-32(2,3)4)33(5,6)31(36)38-21-15-10-8-7-9-14-20-37-28-19-18-26-22-27(25-16-12-11-13-17-25)30(35)39-29(26)34-28/h11-13,16-19,22,24H,7-10,14-15,20-21,23H2,1-6H3. The first-order chi connectivity index (χ1) is 18.5. The van der Waals surface area contributed by atoms with Crippen LogP contribution < -0.4 is 10.4 Å². The van der Waals surface area contributed by atoms with Crippen LogP contribution in [0.25, 0.3) is 22.2 Å². The SMILES string of the molecule is CC(CC(C)(C)C)C(C)(C)C(=O)OCCCCCCCCOc1ccc2cc(-c3ccccc3)c(=O)oc2n1. The summed E-state index contributed by atoms with van der Waals surface area (Å²) in [6.07, 6.45) is 7.11. The number of benzene rings is 1. The van der Waals surface area contributed by atoms with Crippen LogP contribution in [-0.2, 0) is 9.53 Å². The van der Waals surface area contributed by atoms with E-state index in [-0.39, 0.29) is 23.0 Å². The highest BCUT2D eigenvalue weighted by Gasteiger charge is 2.37. The van der Waals surface area contributed by atoms with E-state index in [1.54, 1.807) is 0 Å². The third-order valence-corrected chi connectivity index (χ3v) is 7.36. The number of pyridine rings is 1. The maximum absolute atomic E-state index is 12.6. The van der Waals surface area contributed by atoms with Crippen LogP contribution in [0, 0.1) is 16.7 Å². The third kappa shape index (κ3) is 9.22. The van der Waals surface area contributed by atoms with Gasteiger partial charge in [-0.05, 0) is 62.1 Å². The smallest absolute Gasteiger partial charge is 0.345 e. The van der Waals surface area contributed by atoms with Gasteiger partial charge in [-0.2, -0.15) is 4.98 Å². The lowest BCUT2D eigenvalue weighted by molar-refractivity contribution is -0.157. The third-order valence-electron chi connectivity index (χ3n) is 7.36. The molecule has 6 nitrogen and oxygen atoms in total. The predicted molar refractivity (Wildman–Crippen MR) is 157 cm³/mol. The molecule has 212 valence electrons. The molecule has 0 amide bonds. The van der Waals surface area contributed by atoms with Crippen LogP contribution in [0.1, 0.15) is 86.5 Å². The first-order valence-corrected chi connectivity index (χ1v) is 14.3. The zero-order valence-electron chi connectivity index (χ0n) is 24.5. The van der Waals surface area contributed by atoms with Gasteiger partial charge >= 0.3 is 11.6 Å². The number of carbonyl (C=O) groups is 1. The Hall–Kier alpha value is -3.15. The first-order valence-electron chi connectivity index (χ1n) is 14.3. The molecule has 0 bridgehead atoms. The molecule has 1 aromatic carbocycles. The molecule has 0 aliphatic carbocycles. The molecular weight excluding hydrogens is 490 g/mol. The number of hydrogen-bond acceptors (Lipinski definition) is 6. The summed E-state index contributed by atoms with van der Waals surface area (Å²) in [5.41, 5.74) is 0.935. The second-order valence-electron chi connectivity index (χ2n) is 12.4. The first kappa shape index (κ1) is 30.4. The number of aromatic nitrogens is 1. The number of hydrogen-bond donors (Lipinski definition) is 0. The van der Waals surface area contributed by atoms with Crippen molar-refractivity contribution in [1.82, 2.24) is 4.98 Å². The molecule has 6 heteroatoms. The Bertz CT molecular complexity index is 1260. The van der Waals surface area contributed by atoms with Gasteiger partial charge in [0, 0.05) is 11.5 Å². The molecule has 3 aromatic rings. The van der Waals surface area contributed by atoms with Crippen LogP contribution >= 0.6 is 0 Å². The number of rotatable bonds is 14. The molecular formula is C33H45NO5. The molecule has 0 saturated carbocycles. The zero-order chi connectivity index (χ0) is 28.5. The molecule has 3 rings (SSSR count). The van der Waals surface area contributed by atoms with Gasteiger partial charge in [-0.25, -0.2) is 4.79 Å². The minimum Gasteiger partial charge on any atom is -0.478 e. The summed E-state index contributed by atoms with van der Waals surface area (Å²) in [5.74, 6) is 0.636.